The number of halogens is 1. The molecule has 124 valence electrons. The predicted octanol–water partition coefficient (Wildman–Crippen LogP) is 2.36. The zero-order chi connectivity index (χ0) is 16.5. The van der Waals surface area contributed by atoms with Crippen LogP contribution in [0.1, 0.15) is 53.2 Å². The van der Waals surface area contributed by atoms with Gasteiger partial charge in [-0.2, -0.15) is 0 Å². The van der Waals surface area contributed by atoms with Crippen molar-refractivity contribution >= 4 is 5.91 Å². The minimum Gasteiger partial charge on any atom is -0.474 e. The number of nitrogens with one attached hydrogen (secondary N) is 1. The first-order valence-electron chi connectivity index (χ1n) is 8.10. The van der Waals surface area contributed by atoms with Gasteiger partial charge in [0.1, 0.15) is 18.2 Å². The molecular formula is C17H17FN4O2. The third-order valence-electron chi connectivity index (χ3n) is 4.08. The van der Waals surface area contributed by atoms with Crippen molar-refractivity contribution in [2.75, 3.05) is 0 Å². The fraction of sp³-hybridized carbons (Fsp3) is 0.412. The number of nitrogens with zero attached hydrogens (tertiary/aromatic N) is 3. The van der Waals surface area contributed by atoms with E-state index in [1.54, 1.807) is 6.20 Å². The lowest BCUT2D eigenvalue weighted by molar-refractivity contribution is 0.0949. The first-order chi connectivity index (χ1) is 11.7. The van der Waals surface area contributed by atoms with Gasteiger partial charge in [-0.15, -0.1) is 0 Å². The van der Waals surface area contributed by atoms with Crippen molar-refractivity contribution < 1.29 is 13.9 Å². The van der Waals surface area contributed by atoms with Crippen LogP contribution >= 0.6 is 0 Å². The molecule has 4 rings (SSSR count). The van der Waals surface area contributed by atoms with Gasteiger partial charge in [-0.3, -0.25) is 9.78 Å². The van der Waals surface area contributed by atoms with Crippen LogP contribution in [0.15, 0.2) is 24.8 Å². The molecule has 0 radical (unpaired) electrons. The Bertz CT molecular complexity index is 775. The highest BCUT2D eigenvalue weighted by atomic mass is 19.1. The Morgan fingerprint density at radius 1 is 1.25 bits per heavy atom. The van der Waals surface area contributed by atoms with Gasteiger partial charge in [0, 0.05) is 24.9 Å². The smallest absolute Gasteiger partial charge is 0.253 e. The summed E-state index contributed by atoms with van der Waals surface area (Å²) in [5.41, 5.74) is 1.36. The van der Waals surface area contributed by atoms with Gasteiger partial charge in [0.05, 0.1) is 16.8 Å². The highest BCUT2D eigenvalue weighted by Gasteiger charge is 2.28. The number of ether oxygens (including phenoxy) is 1. The van der Waals surface area contributed by atoms with E-state index in [9.17, 15) is 9.18 Å². The van der Waals surface area contributed by atoms with Crippen molar-refractivity contribution in [1.29, 1.82) is 0 Å². The Morgan fingerprint density at radius 3 is 2.79 bits per heavy atom. The maximum Gasteiger partial charge on any atom is 0.253 e. The van der Waals surface area contributed by atoms with E-state index in [2.05, 4.69) is 20.3 Å². The van der Waals surface area contributed by atoms with Crippen LogP contribution in [0.25, 0.3) is 0 Å². The second-order valence-corrected chi connectivity index (χ2v) is 6.22. The van der Waals surface area contributed by atoms with E-state index in [0.717, 1.165) is 25.7 Å². The number of amides is 1. The van der Waals surface area contributed by atoms with Crippen LogP contribution in [-0.2, 0) is 6.54 Å². The third kappa shape index (κ3) is 3.34. The van der Waals surface area contributed by atoms with Gasteiger partial charge in [0.2, 0.25) is 5.88 Å². The molecular weight excluding hydrogens is 311 g/mol. The molecule has 2 aliphatic carbocycles. The molecule has 0 saturated heterocycles. The zero-order valence-corrected chi connectivity index (χ0v) is 13.0. The van der Waals surface area contributed by atoms with Crippen molar-refractivity contribution in [3.63, 3.8) is 0 Å². The van der Waals surface area contributed by atoms with Gasteiger partial charge in [-0.1, -0.05) is 0 Å². The van der Waals surface area contributed by atoms with Crippen molar-refractivity contribution in [2.45, 2.75) is 44.2 Å². The molecule has 0 spiro atoms. The minimum atomic E-state index is -0.411. The summed E-state index contributed by atoms with van der Waals surface area (Å²) in [6.07, 6.45) is 8.64. The summed E-state index contributed by atoms with van der Waals surface area (Å²) in [7, 11) is 0. The van der Waals surface area contributed by atoms with Gasteiger partial charge >= 0.3 is 0 Å². The molecule has 2 fully saturated rings. The summed E-state index contributed by atoms with van der Waals surface area (Å²) >= 11 is 0. The van der Waals surface area contributed by atoms with Gasteiger partial charge in [0.15, 0.2) is 0 Å². The molecule has 1 N–H and O–H groups in total. The highest BCUT2D eigenvalue weighted by molar-refractivity contribution is 5.93. The molecule has 2 saturated carbocycles. The lowest BCUT2D eigenvalue weighted by Crippen LogP contribution is -2.24. The third-order valence-corrected chi connectivity index (χ3v) is 4.08. The molecule has 6 nitrogen and oxygen atoms in total. The molecule has 24 heavy (non-hydrogen) atoms. The number of carbonyl (C=O) groups excluding carboxylic acids is 1. The fourth-order valence-corrected chi connectivity index (χ4v) is 2.43. The molecule has 7 heteroatoms. The Morgan fingerprint density at radius 2 is 2.08 bits per heavy atom. The van der Waals surface area contributed by atoms with E-state index >= 15 is 0 Å². The molecule has 2 heterocycles. The second-order valence-electron chi connectivity index (χ2n) is 6.22. The lowest BCUT2D eigenvalue weighted by atomic mass is 10.2. The number of aromatic nitrogens is 3. The van der Waals surface area contributed by atoms with Gasteiger partial charge in [0.25, 0.3) is 5.91 Å². The van der Waals surface area contributed by atoms with Crippen LogP contribution in [0.4, 0.5) is 4.39 Å². The number of hydrogen-bond donors (Lipinski definition) is 1. The Hall–Kier alpha value is -2.57. The molecule has 1 amide bonds. The maximum absolute atomic E-state index is 14.0. The van der Waals surface area contributed by atoms with Crippen LogP contribution in [0.2, 0.25) is 0 Å². The maximum atomic E-state index is 14.0. The minimum absolute atomic E-state index is 0.207. The number of pyridine rings is 1. The molecule has 0 bridgehead atoms. The van der Waals surface area contributed by atoms with E-state index in [-0.39, 0.29) is 30.0 Å². The first kappa shape index (κ1) is 15.0. The van der Waals surface area contributed by atoms with E-state index in [0.29, 0.717) is 17.1 Å². The number of carbonyl (C=O) groups is 1. The fourth-order valence-electron chi connectivity index (χ4n) is 2.43. The van der Waals surface area contributed by atoms with Gasteiger partial charge in [-0.25, -0.2) is 14.4 Å². The zero-order valence-electron chi connectivity index (χ0n) is 13.0. The predicted molar refractivity (Wildman–Crippen MR) is 83.0 cm³/mol. The van der Waals surface area contributed by atoms with E-state index in [1.807, 2.05) is 0 Å². The molecule has 0 aliphatic heterocycles. The van der Waals surface area contributed by atoms with Crippen LogP contribution in [0.5, 0.6) is 5.88 Å². The summed E-state index contributed by atoms with van der Waals surface area (Å²) in [4.78, 5) is 24.4. The largest absolute Gasteiger partial charge is 0.474 e. The summed E-state index contributed by atoms with van der Waals surface area (Å²) in [6, 6.07) is 1.25. The Balaban J connectivity index is 1.42. The van der Waals surface area contributed by atoms with E-state index in [1.165, 1.54) is 18.6 Å². The highest BCUT2D eigenvalue weighted by Crippen LogP contribution is 2.40. The number of rotatable bonds is 6. The van der Waals surface area contributed by atoms with E-state index < -0.39 is 5.82 Å². The summed E-state index contributed by atoms with van der Waals surface area (Å²) in [5.74, 6) is -0.0946. The molecule has 0 unspecified atom stereocenters. The van der Waals surface area contributed by atoms with E-state index in [4.69, 9.17) is 4.74 Å². The van der Waals surface area contributed by atoms with Crippen molar-refractivity contribution in [1.82, 2.24) is 20.3 Å². The second kappa shape index (κ2) is 6.14. The van der Waals surface area contributed by atoms with Gasteiger partial charge in [-0.05, 0) is 31.7 Å². The van der Waals surface area contributed by atoms with Crippen LogP contribution in [-0.4, -0.2) is 27.0 Å². The van der Waals surface area contributed by atoms with Crippen molar-refractivity contribution in [2.24, 2.45) is 0 Å². The molecule has 0 aromatic carbocycles. The standard InChI is InChI=1S/C17H17FN4O2/c18-14-5-11(7-20-15(14)10-1-2-10)16(23)21-8-12-6-19-9-22-17(12)24-13-3-4-13/h5-7,9-10,13H,1-4,8H2,(H,21,23). The van der Waals surface area contributed by atoms with Gasteiger partial charge < -0.3 is 10.1 Å². The van der Waals surface area contributed by atoms with Crippen molar-refractivity contribution in [3.05, 3.63) is 47.4 Å². The Labute approximate surface area is 138 Å². The normalized spacial score (nSPS) is 16.7. The van der Waals surface area contributed by atoms with Crippen molar-refractivity contribution in [3.8, 4) is 5.88 Å². The van der Waals surface area contributed by atoms with Crippen LogP contribution in [0.3, 0.4) is 0 Å². The topological polar surface area (TPSA) is 77.0 Å². The quantitative estimate of drug-likeness (QED) is 0.881. The summed E-state index contributed by atoms with van der Waals surface area (Å²) in [6.45, 7) is 0.216. The summed E-state index contributed by atoms with van der Waals surface area (Å²) in [5, 5.41) is 2.74. The molecule has 0 atom stereocenters. The monoisotopic (exact) mass is 328 g/mol. The summed E-state index contributed by atoms with van der Waals surface area (Å²) < 4.78 is 19.7. The Kier molecular flexibility index (Phi) is 3.84. The number of hydrogen-bond acceptors (Lipinski definition) is 5. The SMILES string of the molecule is O=C(NCc1cncnc1OC1CC1)c1cnc(C2CC2)c(F)c1. The first-order valence-corrected chi connectivity index (χ1v) is 8.10. The molecule has 2 aliphatic rings. The average molecular weight is 328 g/mol. The average Bonchev–Trinajstić information content (AvgIpc) is 3.47. The van der Waals surface area contributed by atoms with Crippen LogP contribution < -0.4 is 10.1 Å². The van der Waals surface area contributed by atoms with Crippen LogP contribution in [0, 0.1) is 5.82 Å². The molecule has 2 aromatic heterocycles. The molecule has 2 aromatic rings. The lowest BCUT2D eigenvalue weighted by Gasteiger charge is -2.10.